The largest absolute Gasteiger partial charge is 0.475 e. The van der Waals surface area contributed by atoms with E-state index in [0.717, 1.165) is 0 Å². The van der Waals surface area contributed by atoms with Crippen LogP contribution in [0.4, 0.5) is 0 Å². The average molecular weight is 164 g/mol. The third-order valence-corrected chi connectivity index (χ3v) is 1.35. The summed E-state index contributed by atoms with van der Waals surface area (Å²) in [5.74, 6) is -1.38. The van der Waals surface area contributed by atoms with E-state index in [9.17, 15) is 4.79 Å². The lowest BCUT2D eigenvalue weighted by molar-refractivity contribution is 0.0681. The molecule has 12 heavy (non-hydrogen) atoms. The first-order chi connectivity index (χ1) is 5.77. The number of imidazole rings is 1. The third-order valence-electron chi connectivity index (χ3n) is 1.35. The Kier molecular flexibility index (Phi) is 1.26. The minimum Gasteiger partial charge on any atom is -0.475 e. The zero-order chi connectivity index (χ0) is 8.55. The molecule has 0 saturated carbocycles. The molecule has 0 saturated heterocycles. The molecule has 0 aliphatic heterocycles. The van der Waals surface area contributed by atoms with E-state index in [1.807, 2.05) is 0 Å². The van der Waals surface area contributed by atoms with Crippen molar-refractivity contribution in [3.8, 4) is 0 Å². The number of hydrogen-bond donors (Lipinski definition) is 1. The maximum Gasteiger partial charge on any atom is 0.375 e. The molecule has 0 aliphatic carbocycles. The van der Waals surface area contributed by atoms with Crippen molar-refractivity contribution in [1.82, 2.24) is 19.6 Å². The fraction of sp³-hybridized carbons (Fsp3) is 0. The molecule has 2 rings (SSSR count). The molecule has 0 unspecified atom stereocenters. The van der Waals surface area contributed by atoms with Gasteiger partial charge >= 0.3 is 5.97 Å². The van der Waals surface area contributed by atoms with Crippen LogP contribution in [0.15, 0.2) is 18.6 Å². The molecule has 0 aromatic carbocycles. The molecule has 0 atom stereocenters. The summed E-state index contributed by atoms with van der Waals surface area (Å²) in [4.78, 5) is 17.9. The quantitative estimate of drug-likeness (QED) is 0.632. The summed E-state index contributed by atoms with van der Waals surface area (Å²) in [6.07, 6.45) is 4.44. The molecule has 0 spiro atoms. The number of nitrogens with zero attached hydrogens (tertiary/aromatic N) is 4. The second-order valence-corrected chi connectivity index (χ2v) is 2.12. The van der Waals surface area contributed by atoms with E-state index in [2.05, 4.69) is 15.1 Å². The summed E-state index contributed by atoms with van der Waals surface area (Å²) >= 11 is 0. The molecule has 0 radical (unpaired) electrons. The fourth-order valence-corrected chi connectivity index (χ4v) is 0.830. The standard InChI is InChI=1S/C6H4N4O2/c11-6(12)5-8-3-4-7-1-2-10(4)9-5/h1-3H,(H,11,12). The zero-order valence-electron chi connectivity index (χ0n) is 5.88. The Morgan fingerprint density at radius 1 is 1.50 bits per heavy atom. The van der Waals surface area contributed by atoms with Gasteiger partial charge in [-0.25, -0.2) is 19.3 Å². The van der Waals surface area contributed by atoms with Crippen LogP contribution in [0.1, 0.15) is 10.6 Å². The zero-order valence-corrected chi connectivity index (χ0v) is 5.88. The Hall–Kier alpha value is -1.98. The van der Waals surface area contributed by atoms with Crippen LogP contribution in [-0.4, -0.2) is 30.7 Å². The number of rotatable bonds is 1. The van der Waals surface area contributed by atoms with E-state index in [1.54, 1.807) is 6.20 Å². The van der Waals surface area contributed by atoms with E-state index < -0.39 is 5.97 Å². The van der Waals surface area contributed by atoms with Crippen molar-refractivity contribution >= 4 is 11.6 Å². The van der Waals surface area contributed by atoms with Crippen LogP contribution < -0.4 is 0 Å². The fourth-order valence-electron chi connectivity index (χ4n) is 0.830. The van der Waals surface area contributed by atoms with Crippen LogP contribution in [0.2, 0.25) is 0 Å². The molecule has 1 N–H and O–H groups in total. The first-order valence-electron chi connectivity index (χ1n) is 3.17. The highest BCUT2D eigenvalue weighted by atomic mass is 16.4. The van der Waals surface area contributed by atoms with E-state index in [-0.39, 0.29) is 5.82 Å². The number of aromatic nitrogens is 4. The first kappa shape index (κ1) is 6.71. The second-order valence-electron chi connectivity index (χ2n) is 2.12. The maximum absolute atomic E-state index is 10.4. The summed E-state index contributed by atoms with van der Waals surface area (Å²) in [6.45, 7) is 0. The molecule has 6 heteroatoms. The predicted octanol–water partition coefficient (Wildman–Crippen LogP) is -0.178. The van der Waals surface area contributed by atoms with Gasteiger partial charge in [-0.3, -0.25) is 0 Å². The van der Waals surface area contributed by atoms with Gasteiger partial charge in [-0.05, 0) is 0 Å². The van der Waals surface area contributed by atoms with Gasteiger partial charge < -0.3 is 5.11 Å². The number of aromatic carboxylic acids is 1. The van der Waals surface area contributed by atoms with Gasteiger partial charge in [0.25, 0.3) is 5.82 Å². The van der Waals surface area contributed by atoms with Gasteiger partial charge in [-0.2, -0.15) is 0 Å². The average Bonchev–Trinajstić information content (AvgIpc) is 2.49. The van der Waals surface area contributed by atoms with E-state index in [4.69, 9.17) is 5.11 Å². The van der Waals surface area contributed by atoms with Gasteiger partial charge in [0.05, 0.1) is 6.20 Å². The van der Waals surface area contributed by atoms with Crippen LogP contribution in [0, 0.1) is 0 Å². The molecule has 6 nitrogen and oxygen atoms in total. The van der Waals surface area contributed by atoms with Crippen LogP contribution in [0.3, 0.4) is 0 Å². The van der Waals surface area contributed by atoms with Crippen LogP contribution in [0.25, 0.3) is 5.65 Å². The van der Waals surface area contributed by atoms with Crippen molar-refractivity contribution in [1.29, 1.82) is 0 Å². The number of carboxylic acid groups (broad SMARTS) is 1. The SMILES string of the molecule is O=C(O)c1ncc2nccn2n1. The summed E-state index contributed by atoms with van der Waals surface area (Å²) in [5, 5.41) is 12.2. The highest BCUT2D eigenvalue weighted by molar-refractivity contribution is 5.82. The van der Waals surface area contributed by atoms with Crippen LogP contribution in [0.5, 0.6) is 0 Å². The number of fused-ring (bicyclic) bond motifs is 1. The van der Waals surface area contributed by atoms with Crippen LogP contribution >= 0.6 is 0 Å². The molecule has 0 bridgehead atoms. The Morgan fingerprint density at radius 2 is 2.33 bits per heavy atom. The predicted molar refractivity (Wildman–Crippen MR) is 37.7 cm³/mol. The smallest absolute Gasteiger partial charge is 0.375 e. The number of hydrogen-bond acceptors (Lipinski definition) is 4. The topological polar surface area (TPSA) is 80.4 Å². The Labute approximate surface area is 66.5 Å². The summed E-state index contributed by atoms with van der Waals surface area (Å²) in [6, 6.07) is 0. The van der Waals surface area contributed by atoms with E-state index >= 15 is 0 Å². The van der Waals surface area contributed by atoms with Gasteiger partial charge in [0.2, 0.25) is 0 Å². The molecule has 2 aromatic heterocycles. The maximum atomic E-state index is 10.4. The van der Waals surface area contributed by atoms with E-state index in [0.29, 0.717) is 5.65 Å². The van der Waals surface area contributed by atoms with Crippen molar-refractivity contribution in [3.63, 3.8) is 0 Å². The highest BCUT2D eigenvalue weighted by Gasteiger charge is 2.06. The third kappa shape index (κ3) is 0.895. The normalized spacial score (nSPS) is 10.3. The van der Waals surface area contributed by atoms with Gasteiger partial charge in [-0.15, -0.1) is 5.10 Å². The minimum absolute atomic E-state index is 0.236. The van der Waals surface area contributed by atoms with Crippen molar-refractivity contribution in [3.05, 3.63) is 24.4 Å². The number of carboxylic acids is 1. The molecule has 0 amide bonds. The lowest BCUT2D eigenvalue weighted by atomic mass is 10.6. The molecule has 60 valence electrons. The number of carbonyl (C=O) groups is 1. The summed E-state index contributed by atoms with van der Waals surface area (Å²) in [5.41, 5.74) is 0.528. The Balaban J connectivity index is 2.68. The highest BCUT2D eigenvalue weighted by Crippen LogP contribution is 1.95. The molecule has 2 aromatic rings. The van der Waals surface area contributed by atoms with Gasteiger partial charge in [0.1, 0.15) is 0 Å². The molecular formula is C6H4N4O2. The summed E-state index contributed by atoms with van der Waals surface area (Å²) in [7, 11) is 0. The van der Waals surface area contributed by atoms with Crippen molar-refractivity contribution < 1.29 is 9.90 Å². The van der Waals surface area contributed by atoms with Crippen molar-refractivity contribution in [2.45, 2.75) is 0 Å². The lowest BCUT2D eigenvalue weighted by Crippen LogP contribution is -2.07. The molecular weight excluding hydrogens is 160 g/mol. The summed E-state index contributed by atoms with van der Waals surface area (Å²) < 4.78 is 1.36. The molecule has 2 heterocycles. The van der Waals surface area contributed by atoms with E-state index in [1.165, 1.54) is 16.9 Å². The second kappa shape index (κ2) is 2.26. The van der Waals surface area contributed by atoms with Crippen molar-refractivity contribution in [2.75, 3.05) is 0 Å². The molecule has 0 aliphatic rings. The minimum atomic E-state index is -1.15. The molecule has 0 fully saturated rings. The lowest BCUT2D eigenvalue weighted by Gasteiger charge is -1.92. The van der Waals surface area contributed by atoms with Crippen molar-refractivity contribution in [2.24, 2.45) is 0 Å². The van der Waals surface area contributed by atoms with Gasteiger partial charge in [0.15, 0.2) is 5.65 Å². The van der Waals surface area contributed by atoms with Crippen LogP contribution in [-0.2, 0) is 0 Å². The Morgan fingerprint density at radius 3 is 3.08 bits per heavy atom. The monoisotopic (exact) mass is 164 g/mol. The van der Waals surface area contributed by atoms with Gasteiger partial charge in [0, 0.05) is 12.4 Å². The Bertz CT molecular complexity index is 436. The first-order valence-corrected chi connectivity index (χ1v) is 3.17. The van der Waals surface area contributed by atoms with Gasteiger partial charge in [-0.1, -0.05) is 0 Å².